The monoisotopic (exact) mass is 362 g/mol. The summed E-state index contributed by atoms with van der Waals surface area (Å²) in [6.07, 6.45) is 1.41. The molecule has 0 aliphatic heterocycles. The zero-order valence-electron chi connectivity index (χ0n) is 15.8. The quantitative estimate of drug-likeness (QED) is 0.553. The Hall–Kier alpha value is -3.59. The lowest BCUT2D eigenvalue weighted by atomic mass is 10.1. The molecular formula is C21H22N4O2. The fraction of sp³-hybridized carbons (Fsp3) is 0.190. The Morgan fingerprint density at radius 3 is 1.96 bits per heavy atom. The maximum Gasteiger partial charge on any atom is 0.267 e. The molecule has 0 saturated carbocycles. The van der Waals surface area contributed by atoms with Crippen molar-refractivity contribution in [1.29, 1.82) is 5.26 Å². The average Bonchev–Trinajstić information content (AvgIpc) is 2.58. The van der Waals surface area contributed by atoms with E-state index in [1.807, 2.05) is 39.0 Å². The number of hydrogen-bond acceptors (Lipinski definition) is 4. The molecule has 0 fully saturated rings. The molecule has 2 rings (SSSR count). The minimum atomic E-state index is -0.514. The van der Waals surface area contributed by atoms with E-state index in [1.54, 1.807) is 24.3 Å². The van der Waals surface area contributed by atoms with Gasteiger partial charge in [0.2, 0.25) is 5.91 Å². The van der Waals surface area contributed by atoms with Gasteiger partial charge in [0, 0.05) is 30.2 Å². The predicted octanol–water partition coefficient (Wildman–Crippen LogP) is 4.03. The number of nitriles is 1. The largest absolute Gasteiger partial charge is 0.360 e. The van der Waals surface area contributed by atoms with Crippen LogP contribution < -0.4 is 16.0 Å². The standard InChI is InChI=1S/C21H22N4O2/c1-13-9-14(2)20(15(3)10-13)23-12-17(11-22)21(27)25-19-7-5-18(6-8-19)24-16(4)26/h5-10,12,23H,1-4H3,(H,24,26)(H,25,27)/b17-12-. The summed E-state index contributed by atoms with van der Waals surface area (Å²) in [4.78, 5) is 23.4. The van der Waals surface area contributed by atoms with Gasteiger partial charge in [-0.1, -0.05) is 17.7 Å². The van der Waals surface area contributed by atoms with Crippen molar-refractivity contribution >= 4 is 28.9 Å². The van der Waals surface area contributed by atoms with Gasteiger partial charge >= 0.3 is 0 Å². The van der Waals surface area contributed by atoms with E-state index < -0.39 is 5.91 Å². The molecule has 6 nitrogen and oxygen atoms in total. The van der Waals surface area contributed by atoms with Crippen molar-refractivity contribution in [3.63, 3.8) is 0 Å². The van der Waals surface area contributed by atoms with Gasteiger partial charge in [0.1, 0.15) is 11.6 Å². The average molecular weight is 362 g/mol. The highest BCUT2D eigenvalue weighted by Gasteiger charge is 2.10. The van der Waals surface area contributed by atoms with Gasteiger partial charge in [0.15, 0.2) is 0 Å². The molecule has 27 heavy (non-hydrogen) atoms. The third-order valence-corrected chi connectivity index (χ3v) is 3.87. The van der Waals surface area contributed by atoms with Crippen molar-refractivity contribution in [2.45, 2.75) is 27.7 Å². The summed E-state index contributed by atoms with van der Waals surface area (Å²) in [5, 5.41) is 17.7. The number of nitrogens with one attached hydrogen (secondary N) is 3. The molecule has 0 unspecified atom stereocenters. The molecule has 0 heterocycles. The summed E-state index contributed by atoms with van der Waals surface area (Å²) >= 11 is 0. The number of carbonyl (C=O) groups is 2. The zero-order chi connectivity index (χ0) is 20.0. The number of aryl methyl sites for hydroxylation is 3. The van der Waals surface area contributed by atoms with Crippen molar-refractivity contribution in [1.82, 2.24) is 0 Å². The van der Waals surface area contributed by atoms with Crippen LogP contribution in [0.25, 0.3) is 0 Å². The molecule has 2 aromatic rings. The Morgan fingerprint density at radius 2 is 1.48 bits per heavy atom. The molecule has 0 atom stereocenters. The normalized spacial score (nSPS) is 10.7. The van der Waals surface area contributed by atoms with Crippen molar-refractivity contribution < 1.29 is 9.59 Å². The number of hydrogen-bond donors (Lipinski definition) is 3. The van der Waals surface area contributed by atoms with E-state index in [4.69, 9.17) is 0 Å². The highest BCUT2D eigenvalue weighted by Crippen LogP contribution is 2.22. The van der Waals surface area contributed by atoms with E-state index in [-0.39, 0.29) is 11.5 Å². The molecule has 0 radical (unpaired) electrons. The first-order valence-electron chi connectivity index (χ1n) is 8.44. The molecule has 2 amide bonds. The molecule has 0 saturated heterocycles. The second-order valence-electron chi connectivity index (χ2n) is 6.30. The Labute approximate surface area is 158 Å². The lowest BCUT2D eigenvalue weighted by Crippen LogP contribution is -2.15. The van der Waals surface area contributed by atoms with Crippen molar-refractivity contribution in [3.8, 4) is 6.07 Å². The second kappa shape index (κ2) is 8.68. The van der Waals surface area contributed by atoms with Gasteiger partial charge in [0.05, 0.1) is 0 Å². The molecule has 0 spiro atoms. The van der Waals surface area contributed by atoms with Gasteiger partial charge in [-0.05, 0) is 56.2 Å². The Bertz CT molecular complexity index is 915. The van der Waals surface area contributed by atoms with Gasteiger partial charge in [-0.2, -0.15) is 5.26 Å². The summed E-state index contributed by atoms with van der Waals surface area (Å²) < 4.78 is 0. The molecular weight excluding hydrogens is 340 g/mol. The van der Waals surface area contributed by atoms with Crippen LogP contribution in [-0.4, -0.2) is 11.8 Å². The lowest BCUT2D eigenvalue weighted by Gasteiger charge is -2.11. The van der Waals surface area contributed by atoms with Gasteiger partial charge in [0.25, 0.3) is 5.91 Å². The van der Waals surface area contributed by atoms with Crippen LogP contribution in [0.5, 0.6) is 0 Å². The van der Waals surface area contributed by atoms with E-state index in [0.717, 1.165) is 22.4 Å². The highest BCUT2D eigenvalue weighted by molar-refractivity contribution is 6.06. The second-order valence-corrected chi connectivity index (χ2v) is 6.30. The molecule has 0 bridgehead atoms. The van der Waals surface area contributed by atoms with Crippen molar-refractivity contribution in [2.24, 2.45) is 0 Å². The molecule has 0 aliphatic rings. The third-order valence-electron chi connectivity index (χ3n) is 3.87. The van der Waals surface area contributed by atoms with Crippen LogP contribution in [0.4, 0.5) is 17.1 Å². The van der Waals surface area contributed by atoms with Crippen LogP contribution in [-0.2, 0) is 9.59 Å². The van der Waals surface area contributed by atoms with Crippen LogP contribution >= 0.6 is 0 Å². The summed E-state index contributed by atoms with van der Waals surface area (Å²) in [5.41, 5.74) is 5.22. The lowest BCUT2D eigenvalue weighted by molar-refractivity contribution is -0.114. The number of nitrogens with zero attached hydrogens (tertiary/aromatic N) is 1. The third kappa shape index (κ3) is 5.44. The molecule has 0 aliphatic carbocycles. The Morgan fingerprint density at radius 1 is 0.963 bits per heavy atom. The zero-order valence-corrected chi connectivity index (χ0v) is 15.8. The minimum Gasteiger partial charge on any atom is -0.360 e. The summed E-state index contributed by atoms with van der Waals surface area (Å²) in [6.45, 7) is 7.38. The molecule has 2 aromatic carbocycles. The van der Waals surface area contributed by atoms with Crippen molar-refractivity contribution in [3.05, 3.63) is 64.9 Å². The van der Waals surface area contributed by atoms with Gasteiger partial charge in [-0.25, -0.2) is 0 Å². The number of anilines is 3. The predicted molar refractivity (Wildman–Crippen MR) is 107 cm³/mol. The first kappa shape index (κ1) is 19.7. The first-order chi connectivity index (χ1) is 12.8. The molecule has 6 heteroatoms. The van der Waals surface area contributed by atoms with Crippen LogP contribution in [0.15, 0.2) is 48.2 Å². The fourth-order valence-corrected chi connectivity index (χ4v) is 2.74. The van der Waals surface area contributed by atoms with Crippen molar-refractivity contribution in [2.75, 3.05) is 16.0 Å². The molecule has 138 valence electrons. The van der Waals surface area contributed by atoms with E-state index in [2.05, 4.69) is 16.0 Å². The minimum absolute atomic E-state index is 0.0414. The number of amides is 2. The number of rotatable bonds is 5. The first-order valence-corrected chi connectivity index (χ1v) is 8.44. The Kier molecular flexibility index (Phi) is 6.34. The van der Waals surface area contributed by atoms with Crippen LogP contribution in [0, 0.1) is 32.1 Å². The smallest absolute Gasteiger partial charge is 0.267 e. The highest BCUT2D eigenvalue weighted by atomic mass is 16.2. The van der Waals surface area contributed by atoms with E-state index >= 15 is 0 Å². The number of benzene rings is 2. The van der Waals surface area contributed by atoms with Gasteiger partial charge in [-0.15, -0.1) is 0 Å². The summed E-state index contributed by atoms with van der Waals surface area (Å²) in [6, 6.07) is 12.6. The van der Waals surface area contributed by atoms with E-state index in [9.17, 15) is 14.9 Å². The topological polar surface area (TPSA) is 94.0 Å². The Balaban J connectivity index is 2.11. The summed E-state index contributed by atoms with van der Waals surface area (Å²) in [7, 11) is 0. The summed E-state index contributed by atoms with van der Waals surface area (Å²) in [5.74, 6) is -0.686. The van der Waals surface area contributed by atoms with Gasteiger partial charge < -0.3 is 16.0 Å². The van der Waals surface area contributed by atoms with Crippen LogP contribution in [0.1, 0.15) is 23.6 Å². The molecule has 3 N–H and O–H groups in total. The number of carbonyl (C=O) groups excluding carboxylic acids is 2. The molecule has 0 aromatic heterocycles. The maximum absolute atomic E-state index is 12.3. The van der Waals surface area contributed by atoms with E-state index in [0.29, 0.717) is 11.4 Å². The van der Waals surface area contributed by atoms with Crippen LogP contribution in [0.3, 0.4) is 0 Å². The maximum atomic E-state index is 12.3. The van der Waals surface area contributed by atoms with E-state index in [1.165, 1.54) is 13.1 Å². The SMILES string of the molecule is CC(=O)Nc1ccc(NC(=O)/C(C#N)=C\Nc2c(C)cc(C)cc2C)cc1. The van der Waals surface area contributed by atoms with Gasteiger partial charge in [-0.3, -0.25) is 9.59 Å². The fourth-order valence-electron chi connectivity index (χ4n) is 2.74. The van der Waals surface area contributed by atoms with Crippen LogP contribution in [0.2, 0.25) is 0 Å².